The molecule has 0 bridgehead atoms. The third kappa shape index (κ3) is 6.61. The number of unbranched alkanes of at least 4 members (excludes halogenated alkanes) is 1. The third-order valence-corrected chi connectivity index (χ3v) is 3.67. The van der Waals surface area contributed by atoms with Crippen molar-refractivity contribution in [2.45, 2.75) is 40.0 Å². The van der Waals surface area contributed by atoms with E-state index in [-0.39, 0.29) is 20.4 Å². The molecule has 0 aliphatic carbocycles. The average Bonchev–Trinajstić information content (AvgIpc) is 2.54. The number of aliphatic imine (C=N–C) groups is 2. The molecule has 23 heavy (non-hydrogen) atoms. The summed E-state index contributed by atoms with van der Waals surface area (Å²) in [5, 5.41) is 0. The van der Waals surface area contributed by atoms with Gasteiger partial charge in [0.1, 0.15) is 0 Å². The van der Waals surface area contributed by atoms with Gasteiger partial charge in [-0.15, -0.1) is 0 Å². The normalized spacial score (nSPS) is 11.5. The molecule has 0 aliphatic heterocycles. The number of aryl methyl sites for hydroxylation is 2. The van der Waals surface area contributed by atoms with Gasteiger partial charge in [0, 0.05) is 26.6 Å². The zero-order valence-electron chi connectivity index (χ0n) is 14.0. The molecule has 0 amide bonds. The first-order valence-electron chi connectivity index (χ1n) is 7.93. The molecule has 124 valence electrons. The second-order valence-electron chi connectivity index (χ2n) is 5.57. The van der Waals surface area contributed by atoms with Crippen LogP contribution in [-0.2, 0) is 20.4 Å². The van der Waals surface area contributed by atoms with Crippen LogP contribution in [0.5, 0.6) is 0 Å². The van der Waals surface area contributed by atoms with E-state index < -0.39 is 0 Å². The molecule has 0 N–H and O–H groups in total. The van der Waals surface area contributed by atoms with Gasteiger partial charge >= 0.3 is 0 Å². The van der Waals surface area contributed by atoms with Crippen LogP contribution < -0.4 is 0 Å². The van der Waals surface area contributed by atoms with Gasteiger partial charge in [-0.1, -0.05) is 37.6 Å². The van der Waals surface area contributed by atoms with Gasteiger partial charge in [0.15, 0.2) is 0 Å². The number of benzene rings is 2. The SMILES string of the molecule is CCCCC(C=Nc1ccc(C)c(C)c1)=Nc1ccccc1.[Pd]. The largest absolute Gasteiger partial charge is 0.255 e. The van der Waals surface area contributed by atoms with Crippen molar-refractivity contribution in [1.82, 2.24) is 0 Å². The monoisotopic (exact) mass is 398 g/mol. The molecule has 2 aromatic carbocycles. The summed E-state index contributed by atoms with van der Waals surface area (Å²) in [6.07, 6.45) is 5.16. The van der Waals surface area contributed by atoms with E-state index in [1.54, 1.807) is 0 Å². The second-order valence-corrected chi connectivity index (χ2v) is 5.57. The molecule has 0 aromatic heterocycles. The fourth-order valence-electron chi connectivity index (χ4n) is 2.13. The first-order valence-corrected chi connectivity index (χ1v) is 7.93. The van der Waals surface area contributed by atoms with E-state index in [1.165, 1.54) is 11.1 Å². The molecule has 0 heterocycles. The van der Waals surface area contributed by atoms with Gasteiger partial charge in [-0.2, -0.15) is 0 Å². The van der Waals surface area contributed by atoms with Crippen LogP contribution in [0.4, 0.5) is 11.4 Å². The molecule has 2 nitrogen and oxygen atoms in total. The predicted molar refractivity (Wildman–Crippen MR) is 97.1 cm³/mol. The van der Waals surface area contributed by atoms with Crippen LogP contribution in [0.15, 0.2) is 58.5 Å². The van der Waals surface area contributed by atoms with Crippen LogP contribution in [-0.4, -0.2) is 11.9 Å². The standard InChI is InChI=1S/C20H24N2.Pd/c1-4-5-9-20(22-18-10-7-6-8-11-18)15-21-19-13-12-16(2)17(3)14-19;/h6-8,10-15H,4-5,9H2,1-3H3;. The summed E-state index contributed by atoms with van der Waals surface area (Å²) in [6.45, 7) is 6.43. The van der Waals surface area contributed by atoms with E-state index in [2.05, 4.69) is 44.0 Å². The molecule has 0 aliphatic rings. The summed E-state index contributed by atoms with van der Waals surface area (Å²) in [4.78, 5) is 9.32. The Morgan fingerprint density at radius 1 is 0.957 bits per heavy atom. The van der Waals surface area contributed by atoms with E-state index in [9.17, 15) is 0 Å². The zero-order chi connectivity index (χ0) is 15.8. The molecular weight excluding hydrogens is 375 g/mol. The fraction of sp³-hybridized carbons (Fsp3) is 0.300. The van der Waals surface area contributed by atoms with Crippen molar-refractivity contribution in [2.75, 3.05) is 0 Å². The Hall–Kier alpha value is -1.56. The Labute approximate surface area is 153 Å². The molecule has 2 aromatic rings. The summed E-state index contributed by atoms with van der Waals surface area (Å²) >= 11 is 0. The minimum Gasteiger partial charge on any atom is -0.255 e. The molecule has 0 saturated heterocycles. The van der Waals surface area contributed by atoms with Crippen LogP contribution in [0.1, 0.15) is 37.3 Å². The maximum absolute atomic E-state index is 4.72. The van der Waals surface area contributed by atoms with E-state index in [4.69, 9.17) is 4.99 Å². The molecule has 0 atom stereocenters. The Bertz CT molecular complexity index is 661. The zero-order valence-corrected chi connectivity index (χ0v) is 15.6. The van der Waals surface area contributed by atoms with Crippen molar-refractivity contribution in [2.24, 2.45) is 9.98 Å². The smallest absolute Gasteiger partial charge is 0.0633 e. The Morgan fingerprint density at radius 2 is 1.70 bits per heavy atom. The maximum atomic E-state index is 4.72. The van der Waals surface area contributed by atoms with Crippen molar-refractivity contribution in [3.05, 3.63) is 59.7 Å². The van der Waals surface area contributed by atoms with Crippen molar-refractivity contribution < 1.29 is 20.4 Å². The van der Waals surface area contributed by atoms with E-state index >= 15 is 0 Å². The van der Waals surface area contributed by atoms with E-state index in [0.717, 1.165) is 36.3 Å². The Morgan fingerprint density at radius 3 is 2.35 bits per heavy atom. The maximum Gasteiger partial charge on any atom is 0.0633 e. The third-order valence-electron chi connectivity index (χ3n) is 3.67. The Balaban J connectivity index is 0.00000264. The van der Waals surface area contributed by atoms with Crippen LogP contribution in [0.25, 0.3) is 0 Å². The minimum atomic E-state index is 0. The summed E-state index contributed by atoms with van der Waals surface area (Å²) in [7, 11) is 0. The first-order chi connectivity index (χ1) is 10.7. The van der Waals surface area contributed by atoms with Crippen LogP contribution in [0.3, 0.4) is 0 Å². The number of nitrogens with zero attached hydrogens (tertiary/aromatic N) is 2. The quantitative estimate of drug-likeness (QED) is 0.423. The van der Waals surface area contributed by atoms with Crippen molar-refractivity contribution >= 4 is 23.3 Å². The van der Waals surface area contributed by atoms with Crippen LogP contribution in [0.2, 0.25) is 0 Å². The van der Waals surface area contributed by atoms with Crippen molar-refractivity contribution in [1.29, 1.82) is 0 Å². The van der Waals surface area contributed by atoms with Gasteiger partial charge in [-0.05, 0) is 62.1 Å². The van der Waals surface area contributed by atoms with Crippen molar-refractivity contribution in [3.8, 4) is 0 Å². The molecule has 0 saturated carbocycles. The van der Waals surface area contributed by atoms with Gasteiger partial charge < -0.3 is 0 Å². The minimum absolute atomic E-state index is 0. The van der Waals surface area contributed by atoms with E-state index in [0.29, 0.717) is 0 Å². The molecule has 0 unspecified atom stereocenters. The fourth-order valence-corrected chi connectivity index (χ4v) is 2.13. The van der Waals surface area contributed by atoms with Gasteiger partial charge in [-0.3, -0.25) is 9.98 Å². The number of hydrogen-bond donors (Lipinski definition) is 0. The molecule has 2 rings (SSSR count). The summed E-state index contributed by atoms with van der Waals surface area (Å²) < 4.78 is 0. The molecule has 0 fully saturated rings. The van der Waals surface area contributed by atoms with Gasteiger partial charge in [0.05, 0.1) is 17.1 Å². The number of rotatable bonds is 6. The van der Waals surface area contributed by atoms with Crippen LogP contribution in [0, 0.1) is 13.8 Å². The molecule has 3 heteroatoms. The van der Waals surface area contributed by atoms with Gasteiger partial charge in [0.2, 0.25) is 0 Å². The molecule has 0 spiro atoms. The Kier molecular flexibility index (Phi) is 8.69. The first kappa shape index (κ1) is 19.5. The second kappa shape index (κ2) is 10.3. The summed E-state index contributed by atoms with van der Waals surface area (Å²) in [6, 6.07) is 16.4. The average molecular weight is 399 g/mol. The van der Waals surface area contributed by atoms with Gasteiger partial charge in [-0.25, -0.2) is 0 Å². The number of para-hydroxylation sites is 1. The predicted octanol–water partition coefficient (Wildman–Crippen LogP) is 5.97. The van der Waals surface area contributed by atoms with E-state index in [1.807, 2.05) is 36.5 Å². The molecular formula is C20H24N2Pd. The molecule has 0 radical (unpaired) electrons. The summed E-state index contributed by atoms with van der Waals surface area (Å²) in [5.74, 6) is 0. The van der Waals surface area contributed by atoms with Crippen LogP contribution >= 0.6 is 0 Å². The van der Waals surface area contributed by atoms with Crippen molar-refractivity contribution in [3.63, 3.8) is 0 Å². The number of hydrogen-bond acceptors (Lipinski definition) is 2. The summed E-state index contributed by atoms with van der Waals surface area (Å²) in [5.41, 5.74) is 5.57. The topological polar surface area (TPSA) is 24.7 Å². The van der Waals surface area contributed by atoms with Gasteiger partial charge in [0.25, 0.3) is 0 Å².